The minimum absolute atomic E-state index is 0.0895. The third kappa shape index (κ3) is 6.12. The summed E-state index contributed by atoms with van der Waals surface area (Å²) >= 11 is 1.46. The van der Waals surface area contributed by atoms with Crippen LogP contribution in [0.15, 0.2) is 36.7 Å². The van der Waals surface area contributed by atoms with Gasteiger partial charge in [-0.2, -0.15) is 0 Å². The molecule has 1 aliphatic rings. The number of thiazole rings is 1. The molecule has 9 nitrogen and oxygen atoms in total. The number of carboxylic acid groups (broad SMARTS) is 1. The Balaban J connectivity index is 1.62. The summed E-state index contributed by atoms with van der Waals surface area (Å²) in [7, 11) is 1.66. The fraction of sp³-hybridized carbons (Fsp3) is 0.387. The highest BCUT2D eigenvalue weighted by Gasteiger charge is 2.28. The molecule has 220 valence electrons. The number of ether oxygens (including phenoxy) is 2. The Hall–Kier alpha value is -3.96. The summed E-state index contributed by atoms with van der Waals surface area (Å²) in [6, 6.07) is 6.86. The first kappa shape index (κ1) is 29.5. The number of aryl methyl sites for hydroxylation is 1. The molecule has 3 aromatic heterocycles. The first-order valence-corrected chi connectivity index (χ1v) is 14.5. The van der Waals surface area contributed by atoms with Gasteiger partial charge >= 0.3 is 12.1 Å². The molecule has 42 heavy (non-hydrogen) atoms. The first-order chi connectivity index (χ1) is 19.9. The Bertz CT molecular complexity index is 1640. The van der Waals surface area contributed by atoms with Crippen molar-refractivity contribution in [2.75, 3.05) is 20.3 Å². The number of aromatic nitrogens is 3. The van der Waals surface area contributed by atoms with Crippen molar-refractivity contribution in [1.82, 2.24) is 19.9 Å². The van der Waals surface area contributed by atoms with E-state index in [2.05, 4.69) is 9.97 Å². The van der Waals surface area contributed by atoms with Crippen LogP contribution in [0.5, 0.6) is 0 Å². The SMILES string of the molecule is Cc1ccc(-c2ccc3c(-c4nc(CN(C)C(=O)OC(C)(C)C)c(C5CCOCC5)s4)cnc(C(=O)O)c3c2F)cn1. The van der Waals surface area contributed by atoms with Crippen molar-refractivity contribution in [3.05, 3.63) is 64.4 Å². The Morgan fingerprint density at radius 1 is 1.12 bits per heavy atom. The number of carboxylic acids is 1. The van der Waals surface area contributed by atoms with Gasteiger partial charge in [0.1, 0.15) is 16.4 Å². The van der Waals surface area contributed by atoms with Crippen LogP contribution in [0.2, 0.25) is 0 Å². The normalized spacial score (nSPS) is 14.2. The maximum absolute atomic E-state index is 16.1. The van der Waals surface area contributed by atoms with Crippen molar-refractivity contribution < 1.29 is 28.6 Å². The molecule has 5 rings (SSSR count). The van der Waals surface area contributed by atoms with Crippen molar-refractivity contribution in [3.8, 4) is 21.7 Å². The molecule has 1 aromatic carbocycles. The summed E-state index contributed by atoms with van der Waals surface area (Å²) in [6.07, 6.45) is 4.15. The average Bonchev–Trinajstić information content (AvgIpc) is 3.36. The molecule has 0 spiro atoms. The van der Waals surface area contributed by atoms with Crippen molar-refractivity contribution in [1.29, 1.82) is 0 Å². The van der Waals surface area contributed by atoms with Crippen LogP contribution in [0, 0.1) is 12.7 Å². The molecule has 0 unspecified atom stereocenters. The number of amides is 1. The Labute approximate surface area is 247 Å². The van der Waals surface area contributed by atoms with Crippen LogP contribution in [0.1, 0.15) is 66.3 Å². The smallest absolute Gasteiger partial charge is 0.410 e. The van der Waals surface area contributed by atoms with E-state index in [1.165, 1.54) is 22.4 Å². The molecule has 11 heteroatoms. The molecule has 1 N–H and O–H groups in total. The monoisotopic (exact) mass is 592 g/mol. The van der Waals surface area contributed by atoms with E-state index < -0.39 is 23.5 Å². The number of fused-ring (bicyclic) bond motifs is 1. The molecule has 1 aliphatic heterocycles. The fourth-order valence-electron chi connectivity index (χ4n) is 4.98. The lowest BCUT2D eigenvalue weighted by Crippen LogP contribution is -2.34. The lowest BCUT2D eigenvalue weighted by molar-refractivity contribution is 0.0281. The number of aromatic carboxylic acids is 1. The van der Waals surface area contributed by atoms with E-state index in [0.717, 1.165) is 23.4 Å². The quantitative estimate of drug-likeness (QED) is 0.259. The summed E-state index contributed by atoms with van der Waals surface area (Å²) < 4.78 is 27.2. The molecular formula is C31H33FN4O5S. The number of hydrogen-bond donors (Lipinski definition) is 1. The van der Waals surface area contributed by atoms with Crippen LogP contribution in [0.3, 0.4) is 0 Å². The molecule has 0 bridgehead atoms. The van der Waals surface area contributed by atoms with Gasteiger partial charge in [-0.1, -0.05) is 18.2 Å². The second kappa shape index (κ2) is 11.7. The van der Waals surface area contributed by atoms with Gasteiger partial charge in [0.05, 0.1) is 17.6 Å². The van der Waals surface area contributed by atoms with Crippen molar-refractivity contribution in [2.24, 2.45) is 0 Å². The topological polar surface area (TPSA) is 115 Å². The zero-order chi connectivity index (χ0) is 30.2. The molecule has 4 aromatic rings. The Morgan fingerprint density at radius 2 is 1.86 bits per heavy atom. The second-order valence-electron chi connectivity index (χ2n) is 11.4. The zero-order valence-corrected chi connectivity index (χ0v) is 25.0. The number of carbonyl (C=O) groups excluding carboxylic acids is 1. The largest absolute Gasteiger partial charge is 0.476 e. The molecule has 0 atom stereocenters. The maximum atomic E-state index is 16.1. The third-order valence-electron chi connectivity index (χ3n) is 7.06. The van der Waals surface area contributed by atoms with E-state index in [1.54, 1.807) is 37.5 Å². The van der Waals surface area contributed by atoms with Crippen LogP contribution in [-0.4, -0.2) is 62.9 Å². The lowest BCUT2D eigenvalue weighted by Gasteiger charge is -2.25. The second-order valence-corrected chi connectivity index (χ2v) is 12.4. The summed E-state index contributed by atoms with van der Waals surface area (Å²) in [6.45, 7) is 8.73. The molecule has 4 heterocycles. The van der Waals surface area contributed by atoms with Gasteiger partial charge in [0.15, 0.2) is 5.69 Å². The lowest BCUT2D eigenvalue weighted by atomic mass is 9.97. The van der Waals surface area contributed by atoms with Gasteiger partial charge in [-0.3, -0.25) is 4.98 Å². The van der Waals surface area contributed by atoms with Crippen LogP contribution in [0.25, 0.3) is 32.5 Å². The number of benzene rings is 1. The minimum Gasteiger partial charge on any atom is -0.476 e. The summed E-state index contributed by atoms with van der Waals surface area (Å²) in [5, 5.41) is 10.8. The first-order valence-electron chi connectivity index (χ1n) is 13.7. The van der Waals surface area contributed by atoms with Crippen LogP contribution in [0.4, 0.5) is 9.18 Å². The van der Waals surface area contributed by atoms with Gasteiger partial charge in [-0.05, 0) is 57.9 Å². The van der Waals surface area contributed by atoms with Gasteiger partial charge in [0, 0.05) is 59.9 Å². The molecule has 0 saturated carbocycles. The number of halogens is 1. The van der Waals surface area contributed by atoms with Crippen molar-refractivity contribution >= 4 is 34.2 Å². The van der Waals surface area contributed by atoms with Crippen molar-refractivity contribution in [2.45, 2.75) is 58.6 Å². The molecule has 1 saturated heterocycles. The fourth-order valence-corrected chi connectivity index (χ4v) is 6.24. The van der Waals surface area contributed by atoms with Gasteiger partial charge in [-0.25, -0.2) is 23.9 Å². The van der Waals surface area contributed by atoms with Crippen LogP contribution < -0.4 is 0 Å². The predicted octanol–water partition coefficient (Wildman–Crippen LogP) is 6.83. The summed E-state index contributed by atoms with van der Waals surface area (Å²) in [5.74, 6) is -1.83. The highest BCUT2D eigenvalue weighted by atomic mass is 32.1. The van der Waals surface area contributed by atoms with E-state index >= 15 is 4.39 Å². The molecule has 1 fully saturated rings. The highest BCUT2D eigenvalue weighted by Crippen LogP contribution is 2.41. The standard InChI is InChI=1S/C31H33FN4O5S/c1-17-6-7-19(14-33-17)20-8-9-21-22(15-34-26(29(37)38)24(21)25(20)32)28-35-23(16-36(5)30(39)41-31(2,3)4)27(42-28)18-10-12-40-13-11-18/h6-9,14-15,18H,10-13,16H2,1-5H3,(H,37,38). The molecule has 0 aliphatic carbocycles. The van der Waals surface area contributed by atoms with Crippen LogP contribution in [-0.2, 0) is 16.0 Å². The molecule has 0 radical (unpaired) electrons. The zero-order valence-electron chi connectivity index (χ0n) is 24.2. The molecule has 1 amide bonds. The third-order valence-corrected chi connectivity index (χ3v) is 8.35. The average molecular weight is 593 g/mol. The number of hydrogen-bond acceptors (Lipinski definition) is 8. The summed E-state index contributed by atoms with van der Waals surface area (Å²) in [5.41, 5.74) is 1.77. The highest BCUT2D eigenvalue weighted by molar-refractivity contribution is 7.15. The van der Waals surface area contributed by atoms with E-state index in [4.69, 9.17) is 14.5 Å². The number of rotatable bonds is 6. The van der Waals surface area contributed by atoms with Gasteiger partial charge in [0.2, 0.25) is 0 Å². The summed E-state index contributed by atoms with van der Waals surface area (Å²) in [4.78, 5) is 40.8. The maximum Gasteiger partial charge on any atom is 0.410 e. The Kier molecular flexibility index (Phi) is 8.25. The van der Waals surface area contributed by atoms with E-state index in [9.17, 15) is 14.7 Å². The van der Waals surface area contributed by atoms with Gasteiger partial charge in [0.25, 0.3) is 0 Å². The predicted molar refractivity (Wildman–Crippen MR) is 158 cm³/mol. The van der Waals surface area contributed by atoms with Crippen molar-refractivity contribution in [3.63, 3.8) is 0 Å². The number of nitrogens with zero attached hydrogens (tertiary/aromatic N) is 4. The van der Waals surface area contributed by atoms with Crippen LogP contribution >= 0.6 is 11.3 Å². The van der Waals surface area contributed by atoms with Gasteiger partial charge < -0.3 is 19.5 Å². The van der Waals surface area contributed by atoms with E-state index in [1.807, 2.05) is 27.7 Å². The number of pyridine rings is 2. The van der Waals surface area contributed by atoms with E-state index in [-0.39, 0.29) is 29.1 Å². The molecular weight excluding hydrogens is 559 g/mol. The number of carbonyl (C=O) groups is 2. The minimum atomic E-state index is -1.33. The van der Waals surface area contributed by atoms with Gasteiger partial charge in [-0.15, -0.1) is 11.3 Å². The Morgan fingerprint density at radius 3 is 2.50 bits per heavy atom. The van der Waals surface area contributed by atoms with E-state index in [0.29, 0.717) is 40.4 Å².